The summed E-state index contributed by atoms with van der Waals surface area (Å²) in [6, 6.07) is 29.0. The van der Waals surface area contributed by atoms with Crippen molar-refractivity contribution in [3.8, 4) is 0 Å². The van der Waals surface area contributed by atoms with E-state index in [0.29, 0.717) is 25.9 Å². The van der Waals surface area contributed by atoms with Crippen molar-refractivity contribution < 1.29 is 9.47 Å². The SMILES string of the molecule is S=P(COCc1ccccc1)(COCc1ccccc1)Cc1ccccc1. The maximum atomic E-state index is 6.08. The molecule has 0 aliphatic rings. The molecule has 0 N–H and O–H groups in total. The minimum atomic E-state index is -1.83. The van der Waals surface area contributed by atoms with E-state index in [1.165, 1.54) is 16.7 Å². The molecule has 0 aliphatic carbocycles. The summed E-state index contributed by atoms with van der Waals surface area (Å²) < 4.78 is 12.1. The topological polar surface area (TPSA) is 18.5 Å². The molecule has 0 radical (unpaired) electrons. The summed E-state index contributed by atoms with van der Waals surface area (Å²) in [5.41, 5.74) is 3.60. The molecule has 0 saturated carbocycles. The van der Waals surface area contributed by atoms with Crippen LogP contribution < -0.4 is 0 Å². The Kier molecular flexibility index (Phi) is 7.79. The first-order valence-corrected chi connectivity index (χ1v) is 12.4. The fourth-order valence-electron chi connectivity index (χ4n) is 2.85. The van der Waals surface area contributed by atoms with Crippen molar-refractivity contribution >= 4 is 17.8 Å². The third-order valence-electron chi connectivity index (χ3n) is 4.19. The number of benzene rings is 3. The summed E-state index contributed by atoms with van der Waals surface area (Å²) in [4.78, 5) is 0. The van der Waals surface area contributed by atoms with Gasteiger partial charge in [-0.25, -0.2) is 0 Å². The first kappa shape index (κ1) is 20.0. The number of hydrogen-bond acceptors (Lipinski definition) is 3. The molecule has 4 heteroatoms. The van der Waals surface area contributed by atoms with Crippen molar-refractivity contribution in [2.45, 2.75) is 19.4 Å². The van der Waals surface area contributed by atoms with Crippen LogP contribution in [0.4, 0.5) is 0 Å². The zero-order valence-corrected chi connectivity index (χ0v) is 17.1. The number of rotatable bonds is 10. The average Bonchev–Trinajstić information content (AvgIpc) is 2.70. The summed E-state index contributed by atoms with van der Waals surface area (Å²) >= 11 is 6.08. The van der Waals surface area contributed by atoms with Gasteiger partial charge in [0.15, 0.2) is 0 Å². The van der Waals surface area contributed by atoms with Crippen LogP contribution >= 0.6 is 6.04 Å². The highest BCUT2D eigenvalue weighted by molar-refractivity contribution is 8.14. The average molecular weight is 396 g/mol. The van der Waals surface area contributed by atoms with Gasteiger partial charge in [-0.1, -0.05) is 103 Å². The molecule has 140 valence electrons. The lowest BCUT2D eigenvalue weighted by molar-refractivity contribution is 0.147. The van der Waals surface area contributed by atoms with Gasteiger partial charge < -0.3 is 9.47 Å². The normalized spacial score (nSPS) is 11.4. The first-order chi connectivity index (χ1) is 13.2. The Morgan fingerprint density at radius 3 is 1.33 bits per heavy atom. The van der Waals surface area contributed by atoms with E-state index in [2.05, 4.69) is 48.5 Å². The Hall–Kier alpha value is -1.77. The number of hydrogen-bond donors (Lipinski definition) is 0. The van der Waals surface area contributed by atoms with Crippen LogP contribution in [0.1, 0.15) is 16.7 Å². The molecular weight excluding hydrogens is 371 g/mol. The van der Waals surface area contributed by atoms with Gasteiger partial charge in [-0.2, -0.15) is 0 Å². The zero-order valence-electron chi connectivity index (χ0n) is 15.4. The molecule has 0 atom stereocenters. The van der Waals surface area contributed by atoms with Crippen molar-refractivity contribution in [1.82, 2.24) is 0 Å². The summed E-state index contributed by atoms with van der Waals surface area (Å²) in [7, 11) is 0. The molecule has 0 heterocycles. The van der Waals surface area contributed by atoms with E-state index in [1.807, 2.05) is 42.5 Å². The molecule has 2 nitrogen and oxygen atoms in total. The standard InChI is InChI=1S/C23H25O2PS/c27-26(18-23-14-8-3-9-15-23,19-24-16-21-10-4-1-5-11-21)20-25-17-22-12-6-2-7-13-22/h1-15H,16-20H2. The van der Waals surface area contributed by atoms with Crippen molar-refractivity contribution in [2.75, 3.05) is 12.7 Å². The fraction of sp³-hybridized carbons (Fsp3) is 0.217. The summed E-state index contributed by atoms with van der Waals surface area (Å²) in [5.74, 6) is 0. The molecule has 3 aromatic carbocycles. The summed E-state index contributed by atoms with van der Waals surface area (Å²) in [6.07, 6.45) is 2.02. The van der Waals surface area contributed by atoms with Crippen molar-refractivity contribution in [3.05, 3.63) is 108 Å². The molecule has 0 fully saturated rings. The van der Waals surface area contributed by atoms with Gasteiger partial charge in [-0.3, -0.25) is 0 Å². The molecule has 27 heavy (non-hydrogen) atoms. The van der Waals surface area contributed by atoms with Gasteiger partial charge in [0.2, 0.25) is 0 Å². The maximum absolute atomic E-state index is 6.08. The van der Waals surface area contributed by atoms with Crippen LogP contribution in [0.2, 0.25) is 0 Å². The van der Waals surface area contributed by atoms with E-state index in [9.17, 15) is 0 Å². The highest BCUT2D eigenvalue weighted by Crippen LogP contribution is 2.49. The van der Waals surface area contributed by atoms with Crippen LogP contribution in [0.5, 0.6) is 0 Å². The second-order valence-corrected chi connectivity index (χ2v) is 11.9. The van der Waals surface area contributed by atoms with Gasteiger partial charge in [0.05, 0.1) is 25.9 Å². The minimum absolute atomic E-state index is 0.584. The Labute approximate surface area is 167 Å². The van der Waals surface area contributed by atoms with E-state index in [0.717, 1.165) is 6.16 Å². The number of ether oxygens (including phenoxy) is 2. The Morgan fingerprint density at radius 1 is 0.556 bits per heavy atom. The Balaban J connectivity index is 1.59. The van der Waals surface area contributed by atoms with Crippen molar-refractivity contribution in [2.24, 2.45) is 0 Å². The summed E-state index contributed by atoms with van der Waals surface area (Å²) in [6.45, 7) is 1.18. The molecule has 3 aromatic rings. The molecule has 0 bridgehead atoms. The molecule has 0 saturated heterocycles. The van der Waals surface area contributed by atoms with Crippen molar-refractivity contribution in [3.63, 3.8) is 0 Å². The van der Waals surface area contributed by atoms with E-state index in [-0.39, 0.29) is 0 Å². The third kappa shape index (κ3) is 7.04. The lowest BCUT2D eigenvalue weighted by Crippen LogP contribution is -2.06. The molecule has 0 spiro atoms. The lowest BCUT2D eigenvalue weighted by atomic mass is 10.2. The third-order valence-corrected chi connectivity index (χ3v) is 7.46. The van der Waals surface area contributed by atoms with Gasteiger partial charge in [-0.05, 0) is 16.7 Å². The molecule has 3 rings (SSSR count). The largest absolute Gasteiger partial charge is 0.371 e. The monoisotopic (exact) mass is 396 g/mol. The van der Waals surface area contributed by atoms with Crippen LogP contribution in [0.3, 0.4) is 0 Å². The predicted octanol–water partition coefficient (Wildman–Crippen LogP) is 6.01. The molecule has 0 amide bonds. The second-order valence-electron chi connectivity index (χ2n) is 6.63. The van der Waals surface area contributed by atoms with Gasteiger partial charge in [-0.15, -0.1) is 0 Å². The van der Waals surface area contributed by atoms with Crippen LogP contribution in [0, 0.1) is 0 Å². The van der Waals surface area contributed by atoms with E-state index < -0.39 is 6.04 Å². The van der Waals surface area contributed by atoms with Crippen LogP contribution in [0.15, 0.2) is 91.0 Å². The smallest absolute Gasteiger partial charge is 0.0780 e. The van der Waals surface area contributed by atoms with E-state index in [1.54, 1.807) is 0 Å². The predicted molar refractivity (Wildman–Crippen MR) is 117 cm³/mol. The Bertz CT molecular complexity index is 789. The van der Waals surface area contributed by atoms with Crippen LogP contribution in [-0.4, -0.2) is 12.7 Å². The van der Waals surface area contributed by atoms with Gasteiger partial charge in [0.25, 0.3) is 0 Å². The molecule has 0 aliphatic heterocycles. The quantitative estimate of drug-likeness (QED) is 0.391. The first-order valence-electron chi connectivity index (χ1n) is 9.08. The second kappa shape index (κ2) is 10.5. The minimum Gasteiger partial charge on any atom is -0.371 e. The molecular formula is C23H25O2PS. The van der Waals surface area contributed by atoms with Crippen LogP contribution in [-0.2, 0) is 40.7 Å². The van der Waals surface area contributed by atoms with Gasteiger partial charge in [0, 0.05) is 12.2 Å². The van der Waals surface area contributed by atoms with Gasteiger partial charge >= 0.3 is 0 Å². The Morgan fingerprint density at radius 2 is 0.926 bits per heavy atom. The highest BCUT2D eigenvalue weighted by Gasteiger charge is 2.19. The highest BCUT2D eigenvalue weighted by atomic mass is 32.4. The van der Waals surface area contributed by atoms with Crippen molar-refractivity contribution in [1.29, 1.82) is 0 Å². The fourth-order valence-corrected chi connectivity index (χ4v) is 5.73. The molecule has 0 aromatic heterocycles. The molecule has 0 unspecified atom stereocenters. The summed E-state index contributed by atoms with van der Waals surface area (Å²) in [5, 5.41) is 0. The van der Waals surface area contributed by atoms with E-state index >= 15 is 0 Å². The lowest BCUT2D eigenvalue weighted by Gasteiger charge is -2.22. The van der Waals surface area contributed by atoms with Gasteiger partial charge in [0.1, 0.15) is 0 Å². The zero-order chi connectivity index (χ0) is 18.8. The van der Waals surface area contributed by atoms with Crippen LogP contribution in [0.25, 0.3) is 0 Å². The van der Waals surface area contributed by atoms with E-state index in [4.69, 9.17) is 21.3 Å². The maximum Gasteiger partial charge on any atom is 0.0780 e.